The van der Waals surface area contributed by atoms with Crippen LogP contribution >= 0.6 is 0 Å². The summed E-state index contributed by atoms with van der Waals surface area (Å²) in [4.78, 5) is 12.3. The van der Waals surface area contributed by atoms with E-state index in [-0.39, 0.29) is 12.5 Å². The van der Waals surface area contributed by atoms with Gasteiger partial charge in [-0.3, -0.25) is 9.48 Å². The topological polar surface area (TPSA) is 56.2 Å². The number of benzene rings is 3. The zero-order valence-corrected chi connectivity index (χ0v) is 17.3. The summed E-state index contributed by atoms with van der Waals surface area (Å²) >= 11 is 0. The maximum Gasteiger partial charge on any atom is 0.258 e. The molecule has 1 aromatic heterocycles. The molecule has 4 aromatic rings. The number of rotatable bonds is 7. The summed E-state index contributed by atoms with van der Waals surface area (Å²) in [7, 11) is 0. The van der Waals surface area contributed by atoms with Crippen molar-refractivity contribution < 1.29 is 9.53 Å². The molecular weight excluding hydrogens is 374 g/mol. The van der Waals surface area contributed by atoms with Crippen LogP contribution in [0, 0.1) is 13.8 Å². The summed E-state index contributed by atoms with van der Waals surface area (Å²) in [5.74, 6) is 0.532. The van der Waals surface area contributed by atoms with Crippen molar-refractivity contribution in [1.82, 2.24) is 15.1 Å². The van der Waals surface area contributed by atoms with Crippen molar-refractivity contribution in [3.8, 4) is 5.75 Å². The van der Waals surface area contributed by atoms with E-state index in [1.807, 2.05) is 73.1 Å². The van der Waals surface area contributed by atoms with Crippen LogP contribution in [-0.4, -0.2) is 22.3 Å². The number of fused-ring (bicyclic) bond motifs is 1. The Morgan fingerprint density at radius 2 is 1.70 bits per heavy atom. The molecule has 0 aliphatic rings. The first-order chi connectivity index (χ1) is 14.6. The van der Waals surface area contributed by atoms with E-state index in [0.29, 0.717) is 18.8 Å². The largest absolute Gasteiger partial charge is 0.484 e. The molecule has 1 heterocycles. The Bertz CT molecular complexity index is 1170. The normalized spacial score (nSPS) is 10.9. The second-order valence-electron chi connectivity index (χ2n) is 7.37. The van der Waals surface area contributed by atoms with Crippen molar-refractivity contribution in [2.24, 2.45) is 0 Å². The van der Waals surface area contributed by atoms with Gasteiger partial charge in [-0.1, -0.05) is 60.7 Å². The van der Waals surface area contributed by atoms with Crippen LogP contribution < -0.4 is 10.1 Å². The number of ether oxygens (including phenoxy) is 1. The average molecular weight is 399 g/mol. The molecule has 3 aromatic carbocycles. The summed E-state index contributed by atoms with van der Waals surface area (Å²) in [5, 5.41) is 9.82. The lowest BCUT2D eigenvalue weighted by Gasteiger charge is -2.09. The van der Waals surface area contributed by atoms with Gasteiger partial charge in [0.1, 0.15) is 5.75 Å². The minimum Gasteiger partial charge on any atom is -0.484 e. The number of carbonyl (C=O) groups excluding carboxylic acids is 1. The van der Waals surface area contributed by atoms with E-state index < -0.39 is 0 Å². The molecule has 152 valence electrons. The van der Waals surface area contributed by atoms with E-state index in [9.17, 15) is 4.79 Å². The van der Waals surface area contributed by atoms with Crippen molar-refractivity contribution >= 4 is 16.7 Å². The molecule has 0 spiro atoms. The number of amides is 1. The Labute approximate surface area is 176 Å². The van der Waals surface area contributed by atoms with Gasteiger partial charge in [0, 0.05) is 17.8 Å². The van der Waals surface area contributed by atoms with Crippen molar-refractivity contribution in [1.29, 1.82) is 0 Å². The van der Waals surface area contributed by atoms with E-state index in [2.05, 4.69) is 28.6 Å². The Kier molecular flexibility index (Phi) is 5.80. The number of hydrogen-bond acceptors (Lipinski definition) is 3. The standard InChI is InChI=1S/C25H25N3O2/c1-18-24(19(2)28(27-18)16-20-8-4-3-5-9-20)15-26-25(29)17-30-23-13-12-21-10-6-7-11-22(21)14-23/h3-14H,15-17H2,1-2H3,(H,26,29). The van der Waals surface area contributed by atoms with Crippen LogP contribution in [0.15, 0.2) is 72.8 Å². The fourth-order valence-corrected chi connectivity index (χ4v) is 3.54. The Morgan fingerprint density at radius 1 is 0.967 bits per heavy atom. The van der Waals surface area contributed by atoms with Gasteiger partial charge in [0.15, 0.2) is 6.61 Å². The maximum atomic E-state index is 12.3. The lowest BCUT2D eigenvalue weighted by Crippen LogP contribution is -2.28. The highest BCUT2D eigenvalue weighted by Gasteiger charge is 2.13. The predicted octanol–water partition coefficient (Wildman–Crippen LogP) is 4.40. The highest BCUT2D eigenvalue weighted by Crippen LogP contribution is 2.20. The zero-order valence-electron chi connectivity index (χ0n) is 17.3. The van der Waals surface area contributed by atoms with E-state index in [0.717, 1.165) is 27.7 Å². The maximum absolute atomic E-state index is 12.3. The summed E-state index contributed by atoms with van der Waals surface area (Å²) in [5.41, 5.74) is 4.23. The molecule has 0 aliphatic heterocycles. The molecule has 1 amide bonds. The quantitative estimate of drug-likeness (QED) is 0.501. The minimum atomic E-state index is -0.155. The Hall–Kier alpha value is -3.60. The first kappa shape index (κ1) is 19.7. The Balaban J connectivity index is 1.34. The van der Waals surface area contributed by atoms with Gasteiger partial charge in [0.05, 0.1) is 12.2 Å². The predicted molar refractivity (Wildman–Crippen MR) is 119 cm³/mol. The monoisotopic (exact) mass is 399 g/mol. The van der Waals surface area contributed by atoms with Crippen LogP contribution in [0.1, 0.15) is 22.5 Å². The van der Waals surface area contributed by atoms with Gasteiger partial charge in [-0.25, -0.2) is 0 Å². The molecule has 5 heteroatoms. The molecule has 0 unspecified atom stereocenters. The van der Waals surface area contributed by atoms with Crippen LogP contribution in [0.5, 0.6) is 5.75 Å². The van der Waals surface area contributed by atoms with Gasteiger partial charge >= 0.3 is 0 Å². The molecule has 0 fully saturated rings. The fraction of sp³-hybridized carbons (Fsp3) is 0.200. The van der Waals surface area contributed by atoms with E-state index in [1.165, 1.54) is 5.56 Å². The molecule has 4 rings (SSSR count). The van der Waals surface area contributed by atoms with Crippen LogP contribution in [0.4, 0.5) is 0 Å². The SMILES string of the molecule is Cc1nn(Cc2ccccc2)c(C)c1CNC(=O)COc1ccc2ccccc2c1. The third-order valence-corrected chi connectivity index (χ3v) is 5.26. The van der Waals surface area contributed by atoms with Crippen LogP contribution in [0.25, 0.3) is 10.8 Å². The van der Waals surface area contributed by atoms with Gasteiger partial charge in [0.25, 0.3) is 5.91 Å². The van der Waals surface area contributed by atoms with Crippen molar-refractivity contribution in [3.05, 3.63) is 95.3 Å². The smallest absolute Gasteiger partial charge is 0.258 e. The van der Waals surface area contributed by atoms with Crippen LogP contribution in [0.2, 0.25) is 0 Å². The average Bonchev–Trinajstić information content (AvgIpc) is 3.03. The molecule has 1 N–H and O–H groups in total. The second kappa shape index (κ2) is 8.82. The number of hydrogen-bond donors (Lipinski definition) is 1. The number of nitrogens with one attached hydrogen (secondary N) is 1. The number of carbonyl (C=O) groups is 1. The van der Waals surface area contributed by atoms with E-state index in [4.69, 9.17) is 4.74 Å². The fourth-order valence-electron chi connectivity index (χ4n) is 3.54. The van der Waals surface area contributed by atoms with Crippen molar-refractivity contribution in [3.63, 3.8) is 0 Å². The Morgan fingerprint density at radius 3 is 2.50 bits per heavy atom. The lowest BCUT2D eigenvalue weighted by atomic mass is 10.1. The van der Waals surface area contributed by atoms with E-state index in [1.54, 1.807) is 0 Å². The second-order valence-corrected chi connectivity index (χ2v) is 7.37. The van der Waals surface area contributed by atoms with Gasteiger partial charge in [-0.2, -0.15) is 5.10 Å². The summed E-state index contributed by atoms with van der Waals surface area (Å²) < 4.78 is 7.66. The molecule has 0 saturated carbocycles. The molecule has 0 atom stereocenters. The number of aryl methyl sites for hydroxylation is 1. The minimum absolute atomic E-state index is 0.0193. The van der Waals surface area contributed by atoms with Gasteiger partial charge in [0.2, 0.25) is 0 Å². The molecule has 5 nitrogen and oxygen atoms in total. The molecule has 0 radical (unpaired) electrons. The summed E-state index contributed by atoms with van der Waals surface area (Å²) in [6.45, 7) is 5.14. The van der Waals surface area contributed by atoms with E-state index >= 15 is 0 Å². The van der Waals surface area contributed by atoms with Crippen LogP contribution in [-0.2, 0) is 17.9 Å². The molecule has 0 aliphatic carbocycles. The highest BCUT2D eigenvalue weighted by molar-refractivity contribution is 5.84. The number of aromatic nitrogens is 2. The highest BCUT2D eigenvalue weighted by atomic mass is 16.5. The molecular formula is C25H25N3O2. The number of nitrogens with zero attached hydrogens (tertiary/aromatic N) is 2. The third kappa shape index (κ3) is 4.51. The molecule has 0 saturated heterocycles. The van der Waals surface area contributed by atoms with Gasteiger partial charge < -0.3 is 10.1 Å². The van der Waals surface area contributed by atoms with Gasteiger partial charge in [-0.05, 0) is 42.3 Å². The van der Waals surface area contributed by atoms with Gasteiger partial charge in [-0.15, -0.1) is 0 Å². The summed E-state index contributed by atoms with van der Waals surface area (Å²) in [6.07, 6.45) is 0. The van der Waals surface area contributed by atoms with Crippen LogP contribution in [0.3, 0.4) is 0 Å². The lowest BCUT2D eigenvalue weighted by molar-refractivity contribution is -0.123. The molecule has 30 heavy (non-hydrogen) atoms. The summed E-state index contributed by atoms with van der Waals surface area (Å²) in [6, 6.07) is 24.1. The first-order valence-electron chi connectivity index (χ1n) is 10.1. The van der Waals surface area contributed by atoms with Crippen molar-refractivity contribution in [2.45, 2.75) is 26.9 Å². The van der Waals surface area contributed by atoms with Crippen molar-refractivity contribution in [2.75, 3.05) is 6.61 Å². The third-order valence-electron chi connectivity index (χ3n) is 5.26. The zero-order chi connectivity index (χ0) is 20.9. The first-order valence-corrected chi connectivity index (χ1v) is 10.1. The molecule has 0 bridgehead atoms.